The maximum atomic E-state index is 9.14. The van der Waals surface area contributed by atoms with Crippen molar-refractivity contribution in [3.8, 4) is 0 Å². The van der Waals surface area contributed by atoms with Gasteiger partial charge >= 0.3 is 0 Å². The fourth-order valence-electron chi connectivity index (χ4n) is 1.21. The second kappa shape index (κ2) is 7.72. The fourth-order valence-corrected chi connectivity index (χ4v) is 1.21. The van der Waals surface area contributed by atoms with Gasteiger partial charge in [0.15, 0.2) is 0 Å². The van der Waals surface area contributed by atoms with Crippen molar-refractivity contribution in [2.24, 2.45) is 0 Å². The summed E-state index contributed by atoms with van der Waals surface area (Å²) >= 11 is 0. The van der Waals surface area contributed by atoms with Crippen LogP contribution >= 0.6 is 0 Å². The van der Waals surface area contributed by atoms with Gasteiger partial charge < -0.3 is 20.2 Å². The lowest BCUT2D eigenvalue weighted by atomic mass is 10.7. The number of anilines is 3. The first kappa shape index (κ1) is 16.3. The molecule has 0 aromatic carbocycles. The van der Waals surface area contributed by atoms with Crippen molar-refractivity contribution >= 4 is 17.8 Å². The summed E-state index contributed by atoms with van der Waals surface area (Å²) in [5, 5.41) is 28.3. The van der Waals surface area contributed by atoms with E-state index in [0.29, 0.717) is 0 Å². The van der Waals surface area contributed by atoms with Crippen LogP contribution in [0, 0.1) is 0 Å². The van der Waals surface area contributed by atoms with Crippen LogP contribution in [-0.4, -0.2) is 71.7 Å². The van der Waals surface area contributed by atoms with Crippen molar-refractivity contribution in [2.75, 3.05) is 56.5 Å². The van der Waals surface area contributed by atoms with Crippen molar-refractivity contribution in [1.29, 1.82) is 0 Å². The van der Waals surface area contributed by atoms with Gasteiger partial charge in [-0.3, -0.25) is 4.90 Å². The van der Waals surface area contributed by atoms with Crippen LogP contribution in [0.15, 0.2) is 0 Å². The molecular formula is C9H18N6O5. The molecule has 0 atom stereocenters. The molecule has 1 aromatic rings. The van der Waals surface area contributed by atoms with E-state index in [9.17, 15) is 0 Å². The molecule has 0 aliphatic rings. The van der Waals surface area contributed by atoms with Gasteiger partial charge in [-0.25, -0.2) is 9.68 Å². The Balaban J connectivity index is 3.26. The maximum Gasteiger partial charge on any atom is 0.284 e. The van der Waals surface area contributed by atoms with Crippen LogP contribution < -0.4 is 15.0 Å². The Morgan fingerprint density at radius 1 is 0.850 bits per heavy atom. The highest BCUT2D eigenvalue weighted by Gasteiger charge is 2.18. The van der Waals surface area contributed by atoms with Crippen LogP contribution in [0.2, 0.25) is 0 Å². The third kappa shape index (κ3) is 3.61. The lowest BCUT2D eigenvalue weighted by Crippen LogP contribution is -2.31. The predicted octanol–water partition coefficient (Wildman–Crippen LogP) is -2.11. The van der Waals surface area contributed by atoms with E-state index in [1.165, 1.54) is 19.1 Å². The Labute approximate surface area is 115 Å². The maximum absolute atomic E-state index is 9.14. The van der Waals surface area contributed by atoms with Crippen LogP contribution in [-0.2, 0) is 9.68 Å². The molecule has 0 fully saturated rings. The Bertz CT molecular complexity index is 384. The molecule has 11 nitrogen and oxygen atoms in total. The number of hydrogen-bond donors (Lipinski definition) is 3. The summed E-state index contributed by atoms with van der Waals surface area (Å²) in [6.07, 6.45) is 0. The quantitative estimate of drug-likeness (QED) is 0.359. The van der Waals surface area contributed by atoms with Gasteiger partial charge in [0, 0.05) is 7.05 Å². The lowest BCUT2D eigenvalue weighted by Gasteiger charge is -2.22. The molecule has 0 radical (unpaired) electrons. The van der Waals surface area contributed by atoms with Crippen molar-refractivity contribution in [1.82, 2.24) is 15.0 Å². The minimum atomic E-state index is -0.498. The molecule has 1 aromatic heterocycles. The van der Waals surface area contributed by atoms with Crippen LogP contribution in [0.1, 0.15) is 0 Å². The minimum absolute atomic E-state index is 0.00519. The molecule has 1 heterocycles. The smallest absolute Gasteiger partial charge is 0.284 e. The Hall–Kier alpha value is -1.79. The zero-order valence-electron chi connectivity index (χ0n) is 11.5. The number of aromatic nitrogens is 3. The van der Waals surface area contributed by atoms with E-state index in [2.05, 4.69) is 15.0 Å². The number of aliphatic hydroxyl groups excluding tert-OH is 3. The third-order valence-electron chi connectivity index (χ3n) is 2.27. The molecule has 0 aliphatic heterocycles. The highest BCUT2D eigenvalue weighted by atomic mass is 16.9. The first-order chi connectivity index (χ1) is 9.60. The Morgan fingerprint density at radius 2 is 1.35 bits per heavy atom. The molecule has 0 saturated heterocycles. The molecule has 0 aliphatic carbocycles. The highest BCUT2D eigenvalue weighted by Crippen LogP contribution is 2.18. The zero-order chi connectivity index (χ0) is 15.1. The Morgan fingerprint density at radius 3 is 1.80 bits per heavy atom. The topological polar surface area (TPSA) is 128 Å². The SMILES string of the molecule is CON(OC)c1nc(N(C)CO)nc(N(CO)CO)n1. The molecule has 11 heteroatoms. The summed E-state index contributed by atoms with van der Waals surface area (Å²) in [7, 11) is 4.24. The molecule has 0 bridgehead atoms. The molecule has 20 heavy (non-hydrogen) atoms. The summed E-state index contributed by atoms with van der Waals surface area (Å²) in [6.45, 7) is -1.33. The second-order valence-electron chi connectivity index (χ2n) is 3.52. The first-order valence-electron chi connectivity index (χ1n) is 5.54. The molecular weight excluding hydrogens is 272 g/mol. The summed E-state index contributed by atoms with van der Waals surface area (Å²) in [6, 6.07) is 0. The molecule has 0 saturated carbocycles. The van der Waals surface area contributed by atoms with E-state index in [1.807, 2.05) is 0 Å². The zero-order valence-corrected chi connectivity index (χ0v) is 11.5. The normalized spacial score (nSPS) is 10.5. The van der Waals surface area contributed by atoms with Crippen molar-refractivity contribution in [3.63, 3.8) is 0 Å². The van der Waals surface area contributed by atoms with Gasteiger partial charge in [0.2, 0.25) is 11.9 Å². The van der Waals surface area contributed by atoms with E-state index >= 15 is 0 Å². The fraction of sp³-hybridized carbons (Fsp3) is 0.667. The number of aliphatic hydroxyl groups is 3. The van der Waals surface area contributed by atoms with Crippen molar-refractivity contribution < 1.29 is 25.0 Å². The van der Waals surface area contributed by atoms with Crippen LogP contribution in [0.25, 0.3) is 0 Å². The largest absolute Gasteiger partial charge is 0.376 e. The number of rotatable bonds is 8. The highest BCUT2D eigenvalue weighted by molar-refractivity contribution is 5.43. The average molecular weight is 290 g/mol. The van der Waals surface area contributed by atoms with Crippen molar-refractivity contribution in [3.05, 3.63) is 0 Å². The van der Waals surface area contributed by atoms with Gasteiger partial charge in [-0.05, 0) is 0 Å². The summed E-state index contributed by atoms with van der Waals surface area (Å²) in [5.41, 5.74) is 0. The van der Waals surface area contributed by atoms with Gasteiger partial charge in [0.1, 0.15) is 20.2 Å². The van der Waals surface area contributed by atoms with Crippen LogP contribution in [0.5, 0.6) is 0 Å². The third-order valence-corrected chi connectivity index (χ3v) is 2.27. The lowest BCUT2D eigenvalue weighted by molar-refractivity contribution is -0.0471. The van der Waals surface area contributed by atoms with Gasteiger partial charge in [-0.1, -0.05) is 5.23 Å². The molecule has 1 rings (SSSR count). The standard InChI is InChI=1S/C9H18N6O5/c1-13(4-16)7-10-8(14(5-17)6-18)12-9(11-7)15(19-2)20-3/h16-18H,4-6H2,1-3H3. The second-order valence-corrected chi connectivity index (χ2v) is 3.52. The number of nitrogens with zero attached hydrogens (tertiary/aromatic N) is 6. The van der Waals surface area contributed by atoms with Gasteiger partial charge in [-0.2, -0.15) is 15.0 Å². The molecule has 0 unspecified atom stereocenters. The van der Waals surface area contributed by atoms with Crippen molar-refractivity contribution in [2.45, 2.75) is 0 Å². The summed E-state index contributed by atoms with van der Waals surface area (Å²) in [4.78, 5) is 24.2. The average Bonchev–Trinajstić information content (AvgIpc) is 2.49. The van der Waals surface area contributed by atoms with E-state index in [4.69, 9.17) is 25.0 Å². The van der Waals surface area contributed by atoms with Gasteiger partial charge in [0.05, 0.1) is 14.2 Å². The van der Waals surface area contributed by atoms with Crippen LogP contribution in [0.4, 0.5) is 17.8 Å². The van der Waals surface area contributed by atoms with E-state index in [-0.39, 0.29) is 24.6 Å². The van der Waals surface area contributed by atoms with Gasteiger partial charge in [-0.15, -0.1) is 0 Å². The Kier molecular flexibility index (Phi) is 6.27. The van der Waals surface area contributed by atoms with E-state index in [1.54, 1.807) is 7.05 Å². The number of hydrogen-bond acceptors (Lipinski definition) is 11. The summed E-state index contributed by atoms with van der Waals surface area (Å²) < 4.78 is 0. The molecule has 114 valence electrons. The molecule has 0 amide bonds. The van der Waals surface area contributed by atoms with Gasteiger partial charge in [0.25, 0.3) is 5.95 Å². The molecule has 0 spiro atoms. The first-order valence-corrected chi connectivity index (χ1v) is 5.54. The molecule has 3 N–H and O–H groups in total. The van der Waals surface area contributed by atoms with Crippen LogP contribution in [0.3, 0.4) is 0 Å². The minimum Gasteiger partial charge on any atom is -0.376 e. The predicted molar refractivity (Wildman–Crippen MR) is 68.5 cm³/mol. The van der Waals surface area contributed by atoms with E-state index < -0.39 is 13.5 Å². The van der Waals surface area contributed by atoms with E-state index in [0.717, 1.165) is 10.1 Å². The monoisotopic (exact) mass is 290 g/mol. The summed E-state index contributed by atoms with van der Waals surface area (Å²) in [5.74, 6) is 0.0927.